The first-order valence-corrected chi connectivity index (χ1v) is 4.66. The van der Waals surface area contributed by atoms with Crippen molar-refractivity contribution in [3.8, 4) is 0 Å². The van der Waals surface area contributed by atoms with Crippen LogP contribution in [0.25, 0.3) is 0 Å². The molecule has 0 aliphatic carbocycles. The van der Waals surface area contributed by atoms with E-state index in [9.17, 15) is 9.90 Å². The molecule has 3 heteroatoms. The predicted octanol–water partition coefficient (Wildman–Crippen LogP) is 2.22. The maximum Gasteiger partial charge on any atom is 0.335 e. The molecule has 1 atom stereocenters. The number of carbonyl (C=O) groups is 1. The Balaban J connectivity index is 2.87. The summed E-state index contributed by atoms with van der Waals surface area (Å²) in [4.78, 5) is 10.7. The number of aromatic carboxylic acids is 1. The van der Waals surface area contributed by atoms with Crippen molar-refractivity contribution in [2.24, 2.45) is 0 Å². The monoisotopic (exact) mass is 194 g/mol. The van der Waals surface area contributed by atoms with E-state index in [2.05, 4.69) is 0 Å². The molecule has 0 aliphatic rings. The van der Waals surface area contributed by atoms with E-state index in [-0.39, 0.29) is 5.56 Å². The summed E-state index contributed by atoms with van der Waals surface area (Å²) in [5.74, 6) is -0.962. The molecule has 0 fully saturated rings. The van der Waals surface area contributed by atoms with E-state index < -0.39 is 12.1 Å². The van der Waals surface area contributed by atoms with Crippen LogP contribution in [0.5, 0.6) is 0 Å². The summed E-state index contributed by atoms with van der Waals surface area (Å²) in [6.07, 6.45) is 0.973. The van der Waals surface area contributed by atoms with Gasteiger partial charge in [0.15, 0.2) is 0 Å². The van der Waals surface area contributed by atoms with E-state index in [4.69, 9.17) is 5.11 Å². The first-order valence-electron chi connectivity index (χ1n) is 4.66. The highest BCUT2D eigenvalue weighted by atomic mass is 16.4. The van der Waals surface area contributed by atoms with E-state index in [1.165, 1.54) is 12.1 Å². The number of hydrogen-bond donors (Lipinski definition) is 2. The van der Waals surface area contributed by atoms with Gasteiger partial charge in [0.25, 0.3) is 0 Å². The van der Waals surface area contributed by atoms with Gasteiger partial charge in [0.05, 0.1) is 11.7 Å². The SMILES string of the molecule is CCCC(O)c1cccc(C(=O)O)c1. The third-order valence-corrected chi connectivity index (χ3v) is 2.08. The van der Waals surface area contributed by atoms with Crippen molar-refractivity contribution in [2.45, 2.75) is 25.9 Å². The third kappa shape index (κ3) is 2.57. The quantitative estimate of drug-likeness (QED) is 0.772. The van der Waals surface area contributed by atoms with Crippen LogP contribution in [-0.2, 0) is 0 Å². The Labute approximate surface area is 83.0 Å². The van der Waals surface area contributed by atoms with Gasteiger partial charge in [-0.05, 0) is 24.1 Å². The predicted molar refractivity (Wildman–Crippen MR) is 53.3 cm³/mol. The number of aliphatic hydroxyl groups excluding tert-OH is 1. The molecule has 1 rings (SSSR count). The number of aliphatic hydroxyl groups is 1. The minimum Gasteiger partial charge on any atom is -0.478 e. The zero-order valence-corrected chi connectivity index (χ0v) is 8.10. The molecular weight excluding hydrogens is 180 g/mol. The molecule has 14 heavy (non-hydrogen) atoms. The van der Waals surface area contributed by atoms with Gasteiger partial charge in [-0.25, -0.2) is 4.79 Å². The number of rotatable bonds is 4. The van der Waals surface area contributed by atoms with Crippen LogP contribution in [0.3, 0.4) is 0 Å². The molecule has 1 aromatic rings. The molecule has 0 amide bonds. The molecule has 3 nitrogen and oxygen atoms in total. The molecule has 2 N–H and O–H groups in total. The Bertz CT molecular complexity index is 320. The number of benzene rings is 1. The van der Waals surface area contributed by atoms with Crippen LogP contribution in [-0.4, -0.2) is 16.2 Å². The maximum absolute atomic E-state index is 10.7. The van der Waals surface area contributed by atoms with E-state index in [1.807, 2.05) is 6.92 Å². The van der Waals surface area contributed by atoms with Gasteiger partial charge < -0.3 is 10.2 Å². The largest absolute Gasteiger partial charge is 0.478 e. The fourth-order valence-electron chi connectivity index (χ4n) is 1.32. The van der Waals surface area contributed by atoms with Crippen LogP contribution in [0.4, 0.5) is 0 Å². The van der Waals surface area contributed by atoms with Crippen molar-refractivity contribution in [1.29, 1.82) is 0 Å². The van der Waals surface area contributed by atoms with Gasteiger partial charge >= 0.3 is 5.97 Å². The molecular formula is C11H14O3. The number of carboxylic acid groups (broad SMARTS) is 1. The lowest BCUT2D eigenvalue weighted by Gasteiger charge is -2.09. The van der Waals surface area contributed by atoms with Gasteiger partial charge in [0, 0.05) is 0 Å². The summed E-state index contributed by atoms with van der Waals surface area (Å²) >= 11 is 0. The van der Waals surface area contributed by atoms with Gasteiger partial charge in [-0.15, -0.1) is 0 Å². The molecule has 1 unspecified atom stereocenters. The standard InChI is InChI=1S/C11H14O3/c1-2-4-10(12)8-5-3-6-9(7-8)11(13)14/h3,5-7,10,12H,2,4H2,1H3,(H,13,14). The van der Waals surface area contributed by atoms with Crippen LogP contribution in [0.2, 0.25) is 0 Å². The summed E-state index contributed by atoms with van der Waals surface area (Å²) in [5.41, 5.74) is 0.893. The Morgan fingerprint density at radius 3 is 2.79 bits per heavy atom. The highest BCUT2D eigenvalue weighted by Gasteiger charge is 2.09. The van der Waals surface area contributed by atoms with Crippen LogP contribution in [0.1, 0.15) is 41.8 Å². The van der Waals surface area contributed by atoms with Crippen molar-refractivity contribution >= 4 is 5.97 Å². The van der Waals surface area contributed by atoms with Gasteiger partial charge in [-0.3, -0.25) is 0 Å². The zero-order chi connectivity index (χ0) is 10.6. The summed E-state index contributed by atoms with van der Waals surface area (Å²) in [5, 5.41) is 18.4. The topological polar surface area (TPSA) is 57.5 Å². The van der Waals surface area contributed by atoms with Crippen molar-refractivity contribution < 1.29 is 15.0 Å². The van der Waals surface area contributed by atoms with Crippen molar-refractivity contribution in [3.63, 3.8) is 0 Å². The average molecular weight is 194 g/mol. The Kier molecular flexibility index (Phi) is 3.65. The minimum atomic E-state index is -0.962. The minimum absolute atomic E-state index is 0.220. The van der Waals surface area contributed by atoms with Gasteiger partial charge in [-0.1, -0.05) is 25.5 Å². The fourth-order valence-corrected chi connectivity index (χ4v) is 1.32. The molecule has 0 heterocycles. The Morgan fingerprint density at radius 1 is 1.50 bits per heavy atom. The lowest BCUT2D eigenvalue weighted by Crippen LogP contribution is -2.01. The van der Waals surface area contributed by atoms with Crippen molar-refractivity contribution in [1.82, 2.24) is 0 Å². The highest BCUT2D eigenvalue weighted by molar-refractivity contribution is 5.87. The molecule has 0 aliphatic heterocycles. The van der Waals surface area contributed by atoms with Gasteiger partial charge in [0.2, 0.25) is 0 Å². The lowest BCUT2D eigenvalue weighted by atomic mass is 10.0. The molecule has 0 saturated heterocycles. The van der Waals surface area contributed by atoms with Gasteiger partial charge in [-0.2, -0.15) is 0 Å². The summed E-state index contributed by atoms with van der Waals surface area (Å²) in [6, 6.07) is 6.43. The molecule has 0 bridgehead atoms. The second-order valence-corrected chi connectivity index (χ2v) is 3.24. The molecule has 0 aromatic heterocycles. The second-order valence-electron chi connectivity index (χ2n) is 3.24. The maximum atomic E-state index is 10.7. The molecule has 0 saturated carbocycles. The second kappa shape index (κ2) is 4.77. The van der Waals surface area contributed by atoms with E-state index in [0.717, 1.165) is 6.42 Å². The van der Waals surface area contributed by atoms with Crippen LogP contribution >= 0.6 is 0 Å². The van der Waals surface area contributed by atoms with Crippen molar-refractivity contribution in [3.05, 3.63) is 35.4 Å². The summed E-state index contributed by atoms with van der Waals surface area (Å²) in [6.45, 7) is 1.98. The average Bonchev–Trinajstić information content (AvgIpc) is 2.18. The lowest BCUT2D eigenvalue weighted by molar-refractivity contribution is 0.0696. The third-order valence-electron chi connectivity index (χ3n) is 2.08. The highest BCUT2D eigenvalue weighted by Crippen LogP contribution is 2.18. The Hall–Kier alpha value is -1.35. The molecule has 76 valence electrons. The molecule has 0 spiro atoms. The van der Waals surface area contributed by atoms with Crippen LogP contribution in [0.15, 0.2) is 24.3 Å². The van der Waals surface area contributed by atoms with Crippen LogP contribution in [0, 0.1) is 0 Å². The fraction of sp³-hybridized carbons (Fsp3) is 0.364. The van der Waals surface area contributed by atoms with Crippen molar-refractivity contribution in [2.75, 3.05) is 0 Å². The molecule has 0 radical (unpaired) electrons. The first-order chi connectivity index (χ1) is 6.65. The molecule has 1 aromatic carbocycles. The summed E-state index contributed by atoms with van der Waals surface area (Å²) in [7, 11) is 0. The van der Waals surface area contributed by atoms with Crippen LogP contribution < -0.4 is 0 Å². The normalized spacial score (nSPS) is 12.4. The number of carboxylic acids is 1. The smallest absolute Gasteiger partial charge is 0.335 e. The van der Waals surface area contributed by atoms with Gasteiger partial charge in [0.1, 0.15) is 0 Å². The van der Waals surface area contributed by atoms with E-state index >= 15 is 0 Å². The number of hydrogen-bond acceptors (Lipinski definition) is 2. The van der Waals surface area contributed by atoms with E-state index in [1.54, 1.807) is 12.1 Å². The summed E-state index contributed by atoms with van der Waals surface area (Å²) < 4.78 is 0. The zero-order valence-electron chi connectivity index (χ0n) is 8.10. The van der Waals surface area contributed by atoms with E-state index in [0.29, 0.717) is 12.0 Å². The Morgan fingerprint density at radius 2 is 2.21 bits per heavy atom. The first kappa shape index (κ1) is 10.7.